The molecule has 0 spiro atoms. The monoisotopic (exact) mass is 466 g/mol. The van der Waals surface area contributed by atoms with Crippen LogP contribution in [-0.4, -0.2) is 73.6 Å². The predicted molar refractivity (Wildman–Crippen MR) is 128 cm³/mol. The van der Waals surface area contributed by atoms with Gasteiger partial charge in [0, 0.05) is 62.5 Å². The molecule has 1 aliphatic heterocycles. The molecule has 0 unspecified atom stereocenters. The van der Waals surface area contributed by atoms with Crippen molar-refractivity contribution in [2.45, 2.75) is 6.54 Å². The number of halogens is 1. The first-order chi connectivity index (χ1) is 15.9. The van der Waals surface area contributed by atoms with Crippen molar-refractivity contribution in [1.29, 1.82) is 0 Å². The highest BCUT2D eigenvalue weighted by molar-refractivity contribution is 6.49. The summed E-state index contributed by atoms with van der Waals surface area (Å²) in [5.74, 6) is -0.774. The molecule has 0 aromatic heterocycles. The first-order valence-electron chi connectivity index (χ1n) is 11.0. The lowest BCUT2D eigenvalue weighted by Gasteiger charge is -2.32. The van der Waals surface area contributed by atoms with Gasteiger partial charge in [0.15, 0.2) is 0 Å². The number of allylic oxidation sites excluding steroid dienone is 2. The summed E-state index contributed by atoms with van der Waals surface area (Å²) in [7, 11) is 2.12. The molecule has 172 valence electrons. The van der Waals surface area contributed by atoms with Crippen molar-refractivity contribution in [3.05, 3.63) is 81.5 Å². The zero-order valence-corrected chi connectivity index (χ0v) is 19.3. The largest absolute Gasteiger partial charge is 0.376 e. The maximum absolute atomic E-state index is 12.8. The molecule has 7 nitrogen and oxygen atoms in total. The van der Waals surface area contributed by atoms with Crippen LogP contribution in [0.25, 0.3) is 0 Å². The van der Waals surface area contributed by atoms with Crippen molar-refractivity contribution in [2.75, 3.05) is 46.3 Å². The Hall–Kier alpha value is -3.00. The molecule has 2 aliphatic rings. The lowest BCUT2D eigenvalue weighted by Crippen LogP contribution is -2.46. The molecule has 1 fully saturated rings. The summed E-state index contributed by atoms with van der Waals surface area (Å²) in [6.45, 7) is 5.90. The zero-order valence-electron chi connectivity index (χ0n) is 18.6. The van der Waals surface area contributed by atoms with Gasteiger partial charge in [0.1, 0.15) is 10.7 Å². The second-order valence-electron chi connectivity index (χ2n) is 8.34. The van der Waals surface area contributed by atoms with Gasteiger partial charge < -0.3 is 15.5 Å². The number of carbonyl (C=O) groups is 3. The van der Waals surface area contributed by atoms with Gasteiger partial charge in [-0.25, -0.2) is 0 Å². The maximum Gasteiger partial charge on any atom is 0.251 e. The van der Waals surface area contributed by atoms with Crippen LogP contribution in [0.3, 0.4) is 0 Å². The molecular formula is C25H27ClN4O3. The van der Waals surface area contributed by atoms with Crippen LogP contribution < -0.4 is 10.6 Å². The fourth-order valence-electron chi connectivity index (χ4n) is 3.97. The fourth-order valence-corrected chi connectivity index (χ4v) is 4.22. The smallest absolute Gasteiger partial charge is 0.251 e. The third-order valence-corrected chi connectivity index (χ3v) is 6.42. The number of hydrogen-bond donors (Lipinski definition) is 2. The van der Waals surface area contributed by atoms with E-state index in [1.807, 2.05) is 12.1 Å². The van der Waals surface area contributed by atoms with Gasteiger partial charge in [-0.1, -0.05) is 48.0 Å². The van der Waals surface area contributed by atoms with Crippen molar-refractivity contribution in [3.8, 4) is 0 Å². The average Bonchev–Trinajstić information content (AvgIpc) is 2.84. The van der Waals surface area contributed by atoms with Crippen LogP contribution in [0, 0.1) is 0 Å². The normalized spacial score (nSPS) is 17.2. The summed E-state index contributed by atoms with van der Waals surface area (Å²) < 4.78 is 0. The number of rotatable bonds is 7. The van der Waals surface area contributed by atoms with Gasteiger partial charge >= 0.3 is 0 Å². The van der Waals surface area contributed by atoms with Crippen molar-refractivity contribution in [2.24, 2.45) is 0 Å². The van der Waals surface area contributed by atoms with Crippen LogP contribution in [0.1, 0.15) is 36.6 Å². The number of benzene rings is 2. The van der Waals surface area contributed by atoms with E-state index in [1.165, 1.54) is 0 Å². The molecule has 8 heteroatoms. The lowest BCUT2D eigenvalue weighted by atomic mass is 9.92. The lowest BCUT2D eigenvalue weighted by molar-refractivity contribution is 0.0940. The number of amides is 1. The van der Waals surface area contributed by atoms with Crippen molar-refractivity contribution < 1.29 is 14.4 Å². The summed E-state index contributed by atoms with van der Waals surface area (Å²) in [5, 5.41) is 5.87. The molecule has 0 bridgehead atoms. The third kappa shape index (κ3) is 5.33. The Morgan fingerprint density at radius 2 is 1.58 bits per heavy atom. The van der Waals surface area contributed by atoms with Crippen LogP contribution in [0.4, 0.5) is 0 Å². The fraction of sp³-hybridized carbons (Fsp3) is 0.320. The van der Waals surface area contributed by atoms with Gasteiger partial charge in [0.05, 0.1) is 0 Å². The molecule has 1 amide bonds. The number of piperazine rings is 1. The Balaban J connectivity index is 1.30. The molecule has 0 radical (unpaired) electrons. The van der Waals surface area contributed by atoms with Gasteiger partial charge in [-0.05, 0) is 24.7 Å². The molecule has 2 aromatic rings. The second-order valence-corrected chi connectivity index (χ2v) is 8.72. The quantitative estimate of drug-likeness (QED) is 0.651. The molecule has 2 N–H and O–H groups in total. The Morgan fingerprint density at radius 1 is 0.939 bits per heavy atom. The molecule has 0 atom stereocenters. The Morgan fingerprint density at radius 3 is 2.24 bits per heavy atom. The first kappa shape index (κ1) is 23.2. The van der Waals surface area contributed by atoms with Crippen LogP contribution >= 0.6 is 11.6 Å². The Kier molecular flexibility index (Phi) is 7.23. The van der Waals surface area contributed by atoms with Gasteiger partial charge in [-0.2, -0.15) is 0 Å². The van der Waals surface area contributed by atoms with E-state index in [1.54, 1.807) is 36.4 Å². The number of nitrogens with one attached hydrogen (secondary N) is 2. The van der Waals surface area contributed by atoms with E-state index >= 15 is 0 Å². The highest BCUT2D eigenvalue weighted by Crippen LogP contribution is 2.27. The summed E-state index contributed by atoms with van der Waals surface area (Å²) in [5.41, 5.74) is 2.21. The van der Waals surface area contributed by atoms with E-state index in [-0.39, 0.29) is 28.2 Å². The molecule has 1 aliphatic carbocycles. The van der Waals surface area contributed by atoms with Gasteiger partial charge in [0.2, 0.25) is 11.6 Å². The minimum atomic E-state index is -0.363. The number of hydrogen-bond acceptors (Lipinski definition) is 6. The Labute approximate surface area is 198 Å². The molecule has 2 aromatic carbocycles. The average molecular weight is 467 g/mol. The van der Waals surface area contributed by atoms with E-state index < -0.39 is 0 Å². The molecule has 33 heavy (non-hydrogen) atoms. The number of fused-ring (bicyclic) bond motifs is 1. The maximum atomic E-state index is 12.8. The molecule has 1 heterocycles. The molecular weight excluding hydrogens is 440 g/mol. The number of likely N-dealkylation sites (N-methyl/N-ethyl adjacent to an activating group) is 1. The number of Topliss-reactive ketones (excluding diaryl/α,β-unsaturated/α-hetero) is 2. The number of nitrogens with zero attached hydrogens (tertiary/aromatic N) is 2. The van der Waals surface area contributed by atoms with E-state index in [4.69, 9.17) is 11.6 Å². The first-order valence-corrected chi connectivity index (χ1v) is 11.4. The van der Waals surface area contributed by atoms with E-state index in [0.717, 1.165) is 38.3 Å². The molecule has 1 saturated heterocycles. The highest BCUT2D eigenvalue weighted by Gasteiger charge is 2.31. The van der Waals surface area contributed by atoms with E-state index in [0.29, 0.717) is 29.8 Å². The summed E-state index contributed by atoms with van der Waals surface area (Å²) in [6, 6.07) is 13.8. The summed E-state index contributed by atoms with van der Waals surface area (Å²) in [6.07, 6.45) is 0. The van der Waals surface area contributed by atoms with E-state index in [2.05, 4.69) is 27.5 Å². The van der Waals surface area contributed by atoms with Gasteiger partial charge in [-0.15, -0.1) is 0 Å². The third-order valence-electron chi connectivity index (χ3n) is 6.06. The van der Waals surface area contributed by atoms with Gasteiger partial charge in [-0.3, -0.25) is 19.3 Å². The van der Waals surface area contributed by atoms with Crippen LogP contribution in [0.15, 0.2) is 59.3 Å². The SMILES string of the molecule is CN1CCN(CCNC(=O)c2ccc(CNC3=C(Cl)C(=O)c4ccccc4C3=O)cc2)CC1. The predicted octanol–water partition coefficient (Wildman–Crippen LogP) is 2.28. The minimum Gasteiger partial charge on any atom is -0.376 e. The number of carbonyl (C=O) groups excluding carboxylic acids is 3. The minimum absolute atomic E-state index is 0.102. The molecule has 4 rings (SSSR count). The number of ketones is 2. The van der Waals surface area contributed by atoms with Crippen LogP contribution in [0.2, 0.25) is 0 Å². The standard InChI is InChI=1S/C25H27ClN4O3/c1-29-12-14-30(15-13-29)11-10-27-25(33)18-8-6-17(7-9-18)16-28-22-21(26)23(31)19-4-2-3-5-20(19)24(22)32/h2-9,28H,10-16H2,1H3,(H,27,33). The van der Waals surface area contributed by atoms with Crippen molar-refractivity contribution in [3.63, 3.8) is 0 Å². The second kappa shape index (κ2) is 10.3. The molecule has 0 saturated carbocycles. The van der Waals surface area contributed by atoms with Gasteiger partial charge in [0.25, 0.3) is 5.91 Å². The summed E-state index contributed by atoms with van der Waals surface area (Å²) >= 11 is 6.19. The van der Waals surface area contributed by atoms with Crippen LogP contribution in [-0.2, 0) is 6.54 Å². The topological polar surface area (TPSA) is 81.8 Å². The van der Waals surface area contributed by atoms with E-state index in [9.17, 15) is 14.4 Å². The summed E-state index contributed by atoms with van der Waals surface area (Å²) in [4.78, 5) is 42.3. The zero-order chi connectivity index (χ0) is 23.4. The highest BCUT2D eigenvalue weighted by atomic mass is 35.5. The Bertz CT molecular complexity index is 1090. The van der Waals surface area contributed by atoms with Crippen LogP contribution in [0.5, 0.6) is 0 Å². The van der Waals surface area contributed by atoms with Crippen molar-refractivity contribution in [1.82, 2.24) is 20.4 Å². The van der Waals surface area contributed by atoms with Crippen molar-refractivity contribution >= 4 is 29.1 Å².